The Morgan fingerprint density at radius 2 is 2.03 bits per heavy atom. The average molecular weight is 447 g/mol. The number of aromatic nitrogens is 2. The Bertz CT molecular complexity index is 1180. The van der Waals surface area contributed by atoms with Crippen LogP contribution in [0.5, 0.6) is 11.5 Å². The van der Waals surface area contributed by atoms with Gasteiger partial charge in [-0.3, -0.25) is 0 Å². The van der Waals surface area contributed by atoms with E-state index in [0.717, 1.165) is 22.2 Å². The summed E-state index contributed by atoms with van der Waals surface area (Å²) < 4.78 is 17.0. The lowest BCUT2D eigenvalue weighted by Gasteiger charge is -2.31. The van der Waals surface area contributed by atoms with E-state index in [0.29, 0.717) is 49.9 Å². The van der Waals surface area contributed by atoms with Gasteiger partial charge in [-0.15, -0.1) is 6.42 Å². The first-order chi connectivity index (χ1) is 16.1. The van der Waals surface area contributed by atoms with Crippen molar-refractivity contribution in [3.05, 3.63) is 48.3 Å². The summed E-state index contributed by atoms with van der Waals surface area (Å²) in [5, 5.41) is 4.13. The molecule has 1 aliphatic heterocycles. The lowest BCUT2D eigenvalue weighted by Crippen LogP contribution is -2.41. The molecule has 2 aromatic carbocycles. The third-order valence-corrected chi connectivity index (χ3v) is 5.46. The highest BCUT2D eigenvalue weighted by atomic mass is 16.5. The number of benzene rings is 2. The van der Waals surface area contributed by atoms with Gasteiger partial charge in [0.1, 0.15) is 18.2 Å². The summed E-state index contributed by atoms with van der Waals surface area (Å²) in [6.45, 7) is 3.58. The molecule has 170 valence electrons. The smallest absolute Gasteiger partial charge is 0.409 e. The van der Waals surface area contributed by atoms with Crippen LogP contribution in [0.3, 0.4) is 0 Å². The molecular weight excluding hydrogens is 420 g/mol. The van der Waals surface area contributed by atoms with Crippen LogP contribution in [0, 0.1) is 12.3 Å². The number of piperidine rings is 1. The molecule has 1 saturated heterocycles. The van der Waals surface area contributed by atoms with Crippen molar-refractivity contribution in [2.24, 2.45) is 0 Å². The quantitative estimate of drug-likeness (QED) is 0.563. The molecule has 0 saturated carbocycles. The summed E-state index contributed by atoms with van der Waals surface area (Å²) in [4.78, 5) is 22.3. The minimum Gasteiger partial charge on any atom is -0.490 e. The molecule has 8 nitrogen and oxygen atoms in total. The van der Waals surface area contributed by atoms with Crippen LogP contribution in [0.4, 0.5) is 16.3 Å². The van der Waals surface area contributed by atoms with Crippen LogP contribution < -0.4 is 14.8 Å². The highest BCUT2D eigenvalue weighted by molar-refractivity contribution is 5.93. The number of carbonyl (C=O) groups excluding carboxylic acids is 1. The van der Waals surface area contributed by atoms with E-state index in [-0.39, 0.29) is 12.2 Å². The highest BCUT2D eigenvalue weighted by Gasteiger charge is 2.25. The minimum atomic E-state index is -0.309. The van der Waals surface area contributed by atoms with E-state index in [1.165, 1.54) is 13.4 Å². The summed E-state index contributed by atoms with van der Waals surface area (Å²) in [7, 11) is 1.39. The topological polar surface area (TPSA) is 85.8 Å². The fourth-order valence-electron chi connectivity index (χ4n) is 3.81. The van der Waals surface area contributed by atoms with Gasteiger partial charge in [-0.2, -0.15) is 0 Å². The summed E-state index contributed by atoms with van der Waals surface area (Å²) in [6, 6.07) is 11.3. The molecule has 0 unspecified atom stereocenters. The van der Waals surface area contributed by atoms with Crippen LogP contribution in [0.15, 0.2) is 42.7 Å². The van der Waals surface area contributed by atoms with Crippen LogP contribution in [-0.4, -0.2) is 53.9 Å². The highest BCUT2D eigenvalue weighted by Crippen LogP contribution is 2.36. The van der Waals surface area contributed by atoms with Gasteiger partial charge in [-0.1, -0.05) is 12.0 Å². The van der Waals surface area contributed by atoms with Crippen LogP contribution in [0.2, 0.25) is 0 Å². The first-order valence-corrected chi connectivity index (χ1v) is 10.9. The monoisotopic (exact) mass is 446 g/mol. The molecule has 0 bridgehead atoms. The van der Waals surface area contributed by atoms with Crippen molar-refractivity contribution < 1.29 is 19.0 Å². The molecule has 1 N–H and O–H groups in total. The fraction of sp³-hybridized carbons (Fsp3) is 0.320. The van der Waals surface area contributed by atoms with Gasteiger partial charge in [0.25, 0.3) is 0 Å². The van der Waals surface area contributed by atoms with Crippen molar-refractivity contribution in [1.29, 1.82) is 0 Å². The van der Waals surface area contributed by atoms with Crippen molar-refractivity contribution in [3.8, 4) is 23.8 Å². The zero-order valence-corrected chi connectivity index (χ0v) is 18.7. The van der Waals surface area contributed by atoms with Gasteiger partial charge < -0.3 is 24.4 Å². The van der Waals surface area contributed by atoms with Crippen LogP contribution in [0.1, 0.15) is 25.3 Å². The Morgan fingerprint density at radius 3 is 2.76 bits per heavy atom. The molecule has 0 aliphatic carbocycles. The summed E-state index contributed by atoms with van der Waals surface area (Å²) in [5.74, 6) is 4.53. The van der Waals surface area contributed by atoms with Gasteiger partial charge in [0.05, 0.1) is 19.2 Å². The summed E-state index contributed by atoms with van der Waals surface area (Å²) in [5.41, 5.74) is 2.34. The van der Waals surface area contributed by atoms with Gasteiger partial charge >= 0.3 is 6.09 Å². The molecular formula is C25H26N4O4. The molecule has 0 radical (unpaired) electrons. The van der Waals surface area contributed by atoms with Gasteiger partial charge in [-0.05, 0) is 31.2 Å². The Morgan fingerprint density at radius 1 is 1.21 bits per heavy atom. The minimum absolute atomic E-state index is 0.0455. The number of methoxy groups -OCH3 is 1. The standard InChI is InChI=1S/C25H26N4O4/c1-4-17-7-6-8-18(13-17)28-24-20-14-23(22(32-5-2)15-21(20)26-16-27-24)33-19-9-11-29(12-10-19)25(30)31-3/h1,6-8,13-16,19H,5,9-12H2,2-3H3,(H,26,27,28). The number of likely N-dealkylation sites (tertiary alicyclic amines) is 1. The molecule has 0 spiro atoms. The number of nitrogens with zero attached hydrogens (tertiary/aromatic N) is 3. The van der Waals surface area contributed by atoms with Crippen molar-refractivity contribution in [2.45, 2.75) is 25.9 Å². The second-order valence-electron chi connectivity index (χ2n) is 7.60. The number of carbonyl (C=O) groups is 1. The number of hydrogen-bond acceptors (Lipinski definition) is 7. The molecule has 1 aromatic heterocycles. The maximum atomic E-state index is 11.8. The average Bonchev–Trinajstić information content (AvgIpc) is 2.85. The number of anilines is 2. The van der Waals surface area contributed by atoms with Crippen molar-refractivity contribution in [2.75, 3.05) is 32.1 Å². The number of ether oxygens (including phenoxy) is 3. The van der Waals surface area contributed by atoms with Gasteiger partial charge in [0.15, 0.2) is 11.5 Å². The van der Waals surface area contributed by atoms with E-state index in [9.17, 15) is 4.79 Å². The summed E-state index contributed by atoms with van der Waals surface area (Å²) >= 11 is 0. The Labute approximate surface area is 192 Å². The van der Waals surface area contributed by atoms with E-state index < -0.39 is 0 Å². The molecule has 2 heterocycles. The van der Waals surface area contributed by atoms with E-state index in [4.69, 9.17) is 20.6 Å². The van der Waals surface area contributed by atoms with Crippen molar-refractivity contribution >= 4 is 28.5 Å². The van der Waals surface area contributed by atoms with Gasteiger partial charge in [0, 0.05) is 48.6 Å². The zero-order valence-electron chi connectivity index (χ0n) is 18.7. The Balaban J connectivity index is 1.61. The molecule has 1 aliphatic rings. The molecule has 33 heavy (non-hydrogen) atoms. The maximum absolute atomic E-state index is 11.8. The van der Waals surface area contributed by atoms with Crippen molar-refractivity contribution in [1.82, 2.24) is 14.9 Å². The normalized spacial score (nSPS) is 13.9. The molecule has 1 amide bonds. The van der Waals surface area contributed by atoms with E-state index in [2.05, 4.69) is 21.2 Å². The van der Waals surface area contributed by atoms with E-state index in [1.54, 1.807) is 4.90 Å². The second kappa shape index (κ2) is 10.1. The fourth-order valence-corrected chi connectivity index (χ4v) is 3.81. The van der Waals surface area contributed by atoms with Crippen LogP contribution in [0.25, 0.3) is 10.9 Å². The molecule has 8 heteroatoms. The predicted molar refractivity (Wildman–Crippen MR) is 126 cm³/mol. The van der Waals surface area contributed by atoms with Gasteiger partial charge in [-0.25, -0.2) is 14.8 Å². The Kier molecular flexibility index (Phi) is 6.79. The Hall–Kier alpha value is -3.99. The van der Waals surface area contributed by atoms with Gasteiger partial charge in [0.2, 0.25) is 0 Å². The number of hydrogen-bond donors (Lipinski definition) is 1. The molecule has 3 aromatic rings. The van der Waals surface area contributed by atoms with E-state index >= 15 is 0 Å². The number of fused-ring (bicyclic) bond motifs is 1. The number of amides is 1. The largest absolute Gasteiger partial charge is 0.490 e. The SMILES string of the molecule is C#Cc1cccc(Nc2ncnc3cc(OCC)c(OC4CCN(C(=O)OC)CC4)cc23)c1. The number of nitrogens with one attached hydrogen (secondary N) is 1. The second-order valence-corrected chi connectivity index (χ2v) is 7.60. The van der Waals surface area contributed by atoms with Crippen molar-refractivity contribution in [3.63, 3.8) is 0 Å². The maximum Gasteiger partial charge on any atom is 0.409 e. The zero-order chi connectivity index (χ0) is 23.2. The molecule has 1 fully saturated rings. The van der Waals surface area contributed by atoms with Crippen LogP contribution >= 0.6 is 0 Å². The summed E-state index contributed by atoms with van der Waals surface area (Å²) in [6.07, 6.45) is 8.09. The third kappa shape index (κ3) is 5.09. The lowest BCUT2D eigenvalue weighted by atomic mass is 10.1. The lowest BCUT2D eigenvalue weighted by molar-refractivity contribution is 0.0776. The molecule has 0 atom stereocenters. The van der Waals surface area contributed by atoms with Crippen LogP contribution in [-0.2, 0) is 4.74 Å². The number of rotatable bonds is 6. The first kappa shape index (κ1) is 22.2. The third-order valence-electron chi connectivity index (χ3n) is 5.46. The van der Waals surface area contributed by atoms with E-state index in [1.807, 2.05) is 43.3 Å². The predicted octanol–water partition coefficient (Wildman–Crippen LogP) is 4.36. The number of terminal acetylenes is 1. The molecule has 4 rings (SSSR count). The first-order valence-electron chi connectivity index (χ1n) is 10.9.